The molecular formula is C12H19Cl2N3OZn. The van der Waals surface area contributed by atoms with E-state index in [9.17, 15) is 0 Å². The Morgan fingerprint density at radius 2 is 1.84 bits per heavy atom. The van der Waals surface area contributed by atoms with Crippen LogP contribution in [0.2, 0.25) is 0 Å². The second-order valence-corrected chi connectivity index (χ2v) is 3.49. The van der Waals surface area contributed by atoms with Gasteiger partial charge in [0.2, 0.25) is 5.76 Å². The van der Waals surface area contributed by atoms with Crippen LogP contribution in [0.25, 0.3) is 5.53 Å². The Labute approximate surface area is 140 Å². The van der Waals surface area contributed by atoms with Crippen LogP contribution in [0.3, 0.4) is 0 Å². The molecule has 0 aromatic carbocycles. The quantitative estimate of drug-likeness (QED) is 0.288. The zero-order chi connectivity index (χ0) is 12.0. The van der Waals surface area contributed by atoms with Crippen LogP contribution in [0.5, 0.6) is 0 Å². The van der Waals surface area contributed by atoms with Crippen molar-refractivity contribution in [3.05, 3.63) is 29.1 Å². The number of halogens is 2. The van der Waals surface area contributed by atoms with Crippen molar-refractivity contribution < 1.29 is 53.8 Å². The maximum atomic E-state index is 8.85. The van der Waals surface area contributed by atoms with E-state index in [1.54, 1.807) is 0 Å². The van der Waals surface area contributed by atoms with E-state index in [0.717, 1.165) is 18.8 Å². The minimum absolute atomic E-state index is 0. The van der Waals surface area contributed by atoms with Gasteiger partial charge in [-0.25, -0.2) is 0 Å². The van der Waals surface area contributed by atoms with E-state index in [4.69, 9.17) is 10.3 Å². The van der Waals surface area contributed by atoms with Crippen LogP contribution < -0.4 is 24.8 Å². The molecule has 0 unspecified atom stereocenters. The maximum Gasteiger partial charge on any atom is 2.00 e. The molecule has 4 nitrogen and oxygen atoms in total. The summed E-state index contributed by atoms with van der Waals surface area (Å²) in [6, 6.07) is 0. The molecule has 0 bridgehead atoms. The first-order valence-corrected chi connectivity index (χ1v) is 5.77. The van der Waals surface area contributed by atoms with Crippen molar-refractivity contribution in [3.63, 3.8) is 0 Å². The number of allylic oxidation sites excluding steroid dienone is 3. The molecule has 0 saturated heterocycles. The van der Waals surface area contributed by atoms with Crippen molar-refractivity contribution in [3.8, 4) is 0 Å². The summed E-state index contributed by atoms with van der Waals surface area (Å²) < 4.78 is 5.46. The third-order valence-electron chi connectivity index (χ3n) is 2.62. The van der Waals surface area contributed by atoms with Crippen LogP contribution in [0.4, 0.5) is 0 Å². The summed E-state index contributed by atoms with van der Waals surface area (Å²) in [6.07, 6.45) is 4.62. The van der Waals surface area contributed by atoms with Crippen LogP contribution in [-0.2, 0) is 24.2 Å². The first-order chi connectivity index (χ1) is 7.76. The topological polar surface area (TPSA) is 48.9 Å². The molecule has 0 heterocycles. The molecule has 0 atom stereocenters. The fourth-order valence-corrected chi connectivity index (χ4v) is 1.76. The predicted octanol–water partition coefficient (Wildman–Crippen LogP) is -3.79. The number of rotatable bonds is 5. The normalized spacial score (nSPS) is 12.7. The standard InChI is InChI=1S/C12H19N3O.2ClH.Zn/c1-4-15(5-2)10-7-8-11(14-13)12(9-10)16-6-3;;;/h7,9H,4-6,8H2,1-3H3;2*1H;/q;;;+2/p-2. The summed E-state index contributed by atoms with van der Waals surface area (Å²) >= 11 is 0. The molecule has 0 radical (unpaired) electrons. The molecule has 0 amide bonds. The first kappa shape index (κ1) is 23.7. The van der Waals surface area contributed by atoms with Crippen LogP contribution in [-0.4, -0.2) is 35.1 Å². The number of nitrogens with zero attached hydrogens (tertiary/aromatic N) is 3. The van der Waals surface area contributed by atoms with Gasteiger partial charge in [0.15, 0.2) is 0 Å². The van der Waals surface area contributed by atoms with Crippen LogP contribution in [0.15, 0.2) is 23.6 Å². The molecule has 0 aromatic heterocycles. The number of likely N-dealkylation sites (N-methyl/N-ethyl adjacent to an activating group) is 1. The minimum atomic E-state index is 0. The fraction of sp³-hybridized carbons (Fsp3) is 0.583. The molecule has 7 heteroatoms. The zero-order valence-electron chi connectivity index (χ0n) is 11.7. The monoisotopic (exact) mass is 355 g/mol. The van der Waals surface area contributed by atoms with Gasteiger partial charge in [-0.3, -0.25) is 0 Å². The van der Waals surface area contributed by atoms with E-state index in [-0.39, 0.29) is 44.3 Å². The van der Waals surface area contributed by atoms with Gasteiger partial charge in [0.1, 0.15) is 0 Å². The smallest absolute Gasteiger partial charge is 1.00 e. The summed E-state index contributed by atoms with van der Waals surface area (Å²) in [4.78, 5) is 5.50. The minimum Gasteiger partial charge on any atom is -1.00 e. The van der Waals surface area contributed by atoms with Gasteiger partial charge in [-0.15, -0.1) is 0 Å². The van der Waals surface area contributed by atoms with Crippen molar-refractivity contribution in [1.29, 1.82) is 0 Å². The van der Waals surface area contributed by atoms with Gasteiger partial charge in [-0.1, -0.05) is 0 Å². The Morgan fingerprint density at radius 3 is 2.26 bits per heavy atom. The Balaban J connectivity index is -0.000000853. The molecule has 0 spiro atoms. The molecular weight excluding hydrogens is 338 g/mol. The van der Waals surface area contributed by atoms with Gasteiger partial charge >= 0.3 is 25.2 Å². The van der Waals surface area contributed by atoms with Crippen molar-refractivity contribution in [2.45, 2.75) is 27.2 Å². The van der Waals surface area contributed by atoms with E-state index in [0.29, 0.717) is 24.5 Å². The van der Waals surface area contributed by atoms with Crippen LogP contribution >= 0.6 is 0 Å². The van der Waals surface area contributed by atoms with Crippen LogP contribution in [0, 0.1) is 0 Å². The molecule has 19 heavy (non-hydrogen) atoms. The first-order valence-electron chi connectivity index (χ1n) is 5.77. The Morgan fingerprint density at radius 1 is 1.26 bits per heavy atom. The van der Waals surface area contributed by atoms with Crippen molar-refractivity contribution in [2.24, 2.45) is 0 Å². The Kier molecular flexibility index (Phi) is 15.8. The summed E-state index contributed by atoms with van der Waals surface area (Å²) in [5.74, 6) is 0.675. The van der Waals surface area contributed by atoms with Gasteiger partial charge in [0, 0.05) is 24.9 Å². The Bertz CT molecular complexity index is 362. The van der Waals surface area contributed by atoms with Gasteiger partial charge < -0.3 is 40.0 Å². The molecule has 0 fully saturated rings. The number of hydrogen-bond acceptors (Lipinski definition) is 2. The molecule has 0 saturated carbocycles. The summed E-state index contributed by atoms with van der Waals surface area (Å²) in [7, 11) is 0. The summed E-state index contributed by atoms with van der Waals surface area (Å²) in [5.41, 5.74) is 10.6. The average Bonchev–Trinajstić information content (AvgIpc) is 2.31. The predicted molar refractivity (Wildman–Crippen MR) is 64.0 cm³/mol. The average molecular weight is 358 g/mol. The van der Waals surface area contributed by atoms with E-state index < -0.39 is 0 Å². The SMILES string of the molecule is CCOC1=CC(N(CC)CC)=CCC1=[N+]=[N-].[Cl-].[Cl-].[Zn+2]. The number of hydrogen-bond donors (Lipinski definition) is 0. The molecule has 104 valence electrons. The van der Waals surface area contributed by atoms with E-state index in [1.165, 1.54) is 0 Å². The van der Waals surface area contributed by atoms with Crippen LogP contribution in [0.1, 0.15) is 27.2 Å². The van der Waals surface area contributed by atoms with Gasteiger partial charge in [0.05, 0.1) is 13.0 Å². The van der Waals surface area contributed by atoms with Gasteiger partial charge in [-0.2, -0.15) is 4.79 Å². The third kappa shape index (κ3) is 6.58. The zero-order valence-corrected chi connectivity index (χ0v) is 16.2. The molecule has 0 aromatic rings. The second kappa shape index (κ2) is 12.7. The van der Waals surface area contributed by atoms with Gasteiger partial charge in [-0.05, 0) is 26.8 Å². The molecule has 1 aliphatic carbocycles. The van der Waals surface area contributed by atoms with Crippen molar-refractivity contribution >= 4 is 5.71 Å². The van der Waals surface area contributed by atoms with E-state index in [2.05, 4.69) is 29.6 Å². The van der Waals surface area contributed by atoms with Gasteiger partial charge in [0.25, 0.3) is 0 Å². The second-order valence-electron chi connectivity index (χ2n) is 3.49. The van der Waals surface area contributed by atoms with Crippen molar-refractivity contribution in [1.82, 2.24) is 4.90 Å². The largest absolute Gasteiger partial charge is 2.00 e. The van der Waals surface area contributed by atoms with E-state index >= 15 is 0 Å². The molecule has 0 N–H and O–H groups in total. The Hall–Kier alpha value is -0.337. The van der Waals surface area contributed by atoms with Crippen molar-refractivity contribution in [2.75, 3.05) is 19.7 Å². The fourth-order valence-electron chi connectivity index (χ4n) is 1.76. The summed E-state index contributed by atoms with van der Waals surface area (Å²) in [5, 5.41) is 0. The molecule has 1 aliphatic rings. The maximum absolute atomic E-state index is 8.85. The molecule has 0 aliphatic heterocycles. The number of ether oxygens (including phenoxy) is 1. The summed E-state index contributed by atoms with van der Waals surface area (Å²) in [6.45, 7) is 8.66. The third-order valence-corrected chi connectivity index (χ3v) is 2.62. The molecule has 1 rings (SSSR count). The van der Waals surface area contributed by atoms with E-state index in [1.807, 2.05) is 13.0 Å².